The van der Waals surface area contributed by atoms with Gasteiger partial charge in [-0.25, -0.2) is 9.48 Å². The molecule has 2 aliphatic heterocycles. The molecule has 0 saturated carbocycles. The Balaban J connectivity index is 1.20. The molecule has 2 aliphatic rings. The first-order chi connectivity index (χ1) is 21.2. The van der Waals surface area contributed by atoms with Gasteiger partial charge in [0.1, 0.15) is 23.5 Å². The molecule has 14 heteroatoms. The summed E-state index contributed by atoms with van der Waals surface area (Å²) in [7, 11) is -2.50. The van der Waals surface area contributed by atoms with Gasteiger partial charge >= 0.3 is 13.3 Å². The highest BCUT2D eigenvalue weighted by Crippen LogP contribution is 2.52. The fourth-order valence-corrected chi connectivity index (χ4v) is 7.35. The quantitative estimate of drug-likeness (QED) is 0.202. The molecule has 0 aliphatic carbocycles. The van der Waals surface area contributed by atoms with Crippen LogP contribution < -0.4 is 11.2 Å². The van der Waals surface area contributed by atoms with Crippen molar-refractivity contribution in [3.63, 3.8) is 0 Å². The summed E-state index contributed by atoms with van der Waals surface area (Å²) in [5.41, 5.74) is -1.57. The molecule has 2 aromatic heterocycles. The Morgan fingerprint density at radius 1 is 1.07 bits per heavy atom. The van der Waals surface area contributed by atoms with Gasteiger partial charge in [-0.15, -0.1) is 5.10 Å². The second-order valence-electron chi connectivity index (χ2n) is 11.3. The lowest BCUT2D eigenvalue weighted by atomic mass is 9.93. The number of rotatable bonds is 7. The van der Waals surface area contributed by atoms with Crippen molar-refractivity contribution in [1.82, 2.24) is 24.5 Å². The number of hydrogen-bond donors (Lipinski definition) is 2. The van der Waals surface area contributed by atoms with Crippen LogP contribution in [0.15, 0.2) is 76.6 Å². The van der Waals surface area contributed by atoms with Gasteiger partial charge in [0.2, 0.25) is 0 Å². The third kappa shape index (κ3) is 4.09. The summed E-state index contributed by atoms with van der Waals surface area (Å²) in [6.07, 6.45) is -0.0376. The second-order valence-corrected chi connectivity index (χ2v) is 13.1. The van der Waals surface area contributed by atoms with Gasteiger partial charge in [0, 0.05) is 25.4 Å². The van der Waals surface area contributed by atoms with Crippen molar-refractivity contribution in [2.45, 2.75) is 24.0 Å². The van der Waals surface area contributed by atoms with E-state index >= 15 is 0 Å². The Labute approximate surface area is 248 Å². The van der Waals surface area contributed by atoms with Crippen LogP contribution in [-0.4, -0.2) is 74.2 Å². The van der Waals surface area contributed by atoms with E-state index in [0.717, 1.165) is 44.7 Å². The number of H-pyrrole nitrogens is 1. The van der Waals surface area contributed by atoms with Crippen LogP contribution in [0.3, 0.4) is 0 Å². The Morgan fingerprint density at radius 3 is 2.55 bits per heavy atom. The van der Waals surface area contributed by atoms with Crippen molar-refractivity contribution in [3.8, 4) is 16.9 Å². The number of ether oxygens (including phenoxy) is 3. The standard InChI is InChI=1S/C30H26N5O8P/c1-40-14-30-15-41-25(26(30)43-44(2,38)39)28(42-30)34-12-20(27(36)31-29(34)37)21-13-35(33-32-21)22-11-9-18-7-6-16-4-3-5-17-8-10-19(22)24(18)23(16)17/h3-13,25-26,28H,14-15H2,1-2H3,(H,38,39)(H,31,36,37)/t25-,26?,28+,30-/m0/s1. The van der Waals surface area contributed by atoms with Crippen LogP contribution >= 0.6 is 7.60 Å². The first kappa shape index (κ1) is 27.3. The third-order valence-corrected chi connectivity index (χ3v) is 9.05. The van der Waals surface area contributed by atoms with E-state index in [1.165, 1.54) is 17.9 Å². The normalized spacial score (nSPS) is 24.6. The molecule has 224 valence electrons. The van der Waals surface area contributed by atoms with Crippen LogP contribution in [0.5, 0.6) is 0 Å². The van der Waals surface area contributed by atoms with Gasteiger partial charge in [0.25, 0.3) is 5.56 Å². The molecule has 0 amide bonds. The molecule has 0 radical (unpaired) electrons. The highest BCUT2D eigenvalue weighted by atomic mass is 31.2. The van der Waals surface area contributed by atoms with E-state index in [-0.39, 0.29) is 24.5 Å². The maximum atomic E-state index is 13.0. The summed E-state index contributed by atoms with van der Waals surface area (Å²) < 4.78 is 37.8. The molecule has 2 fully saturated rings. The zero-order chi connectivity index (χ0) is 30.4. The SMILES string of the molecule is COC[C@]12CO[C@@H](C1OP(C)(=O)O)[C@H](n1cc(-c3cn(-c4ccc5ccc6cccc7ccc4c5c67)nn3)c(=O)[nH]c1=O)O2. The number of nitrogens with zero attached hydrogens (tertiary/aromatic N) is 4. The summed E-state index contributed by atoms with van der Waals surface area (Å²) >= 11 is 0. The molecule has 5 atom stereocenters. The maximum absolute atomic E-state index is 13.0. The van der Waals surface area contributed by atoms with Gasteiger partial charge in [-0.3, -0.25) is 23.4 Å². The largest absolute Gasteiger partial charge is 0.381 e. The van der Waals surface area contributed by atoms with Gasteiger partial charge in [0.15, 0.2) is 6.23 Å². The average molecular weight is 616 g/mol. The molecule has 13 nitrogen and oxygen atoms in total. The van der Waals surface area contributed by atoms with Crippen molar-refractivity contribution in [2.24, 2.45) is 0 Å². The number of fused-ring (bicyclic) bond motifs is 2. The van der Waals surface area contributed by atoms with E-state index in [4.69, 9.17) is 18.7 Å². The molecule has 0 spiro atoms. The maximum Gasteiger partial charge on any atom is 0.330 e. The highest BCUT2D eigenvalue weighted by Gasteiger charge is 2.64. The number of hydrogen-bond acceptors (Lipinski definition) is 9. The molecule has 2 N–H and O–H groups in total. The van der Waals surface area contributed by atoms with Crippen molar-refractivity contribution in [1.29, 1.82) is 0 Å². The van der Waals surface area contributed by atoms with E-state index in [9.17, 15) is 19.0 Å². The van der Waals surface area contributed by atoms with E-state index in [1.807, 2.05) is 18.2 Å². The van der Waals surface area contributed by atoms with Crippen LogP contribution in [0.25, 0.3) is 49.3 Å². The summed E-state index contributed by atoms with van der Waals surface area (Å²) in [6.45, 7) is 1.09. The Morgan fingerprint density at radius 2 is 1.80 bits per heavy atom. The molecule has 8 rings (SSSR count). The van der Waals surface area contributed by atoms with E-state index in [1.54, 1.807) is 10.9 Å². The summed E-state index contributed by atoms with van der Waals surface area (Å²) in [5.74, 6) is 0. The van der Waals surface area contributed by atoms with Crippen LogP contribution in [0.4, 0.5) is 0 Å². The molecule has 44 heavy (non-hydrogen) atoms. The number of aromatic nitrogens is 5. The highest BCUT2D eigenvalue weighted by molar-refractivity contribution is 7.51. The minimum atomic E-state index is -3.96. The van der Waals surface area contributed by atoms with Crippen LogP contribution in [0, 0.1) is 0 Å². The Kier molecular flexibility index (Phi) is 5.98. The molecule has 4 heterocycles. The third-order valence-electron chi connectivity index (χ3n) is 8.44. The Hall–Kier alpha value is -4.23. The zero-order valence-electron chi connectivity index (χ0n) is 23.5. The van der Waals surface area contributed by atoms with Crippen molar-refractivity contribution in [2.75, 3.05) is 27.0 Å². The average Bonchev–Trinajstić information content (AvgIpc) is 3.68. The summed E-state index contributed by atoms with van der Waals surface area (Å²) in [5, 5.41) is 15.2. The number of nitrogens with one attached hydrogen (secondary N) is 1. The van der Waals surface area contributed by atoms with Gasteiger partial charge in [-0.1, -0.05) is 53.7 Å². The minimum Gasteiger partial charge on any atom is -0.381 e. The second kappa shape index (κ2) is 9.63. The summed E-state index contributed by atoms with van der Waals surface area (Å²) in [6, 6.07) is 18.5. The smallest absolute Gasteiger partial charge is 0.330 e. The fourth-order valence-electron chi connectivity index (χ4n) is 6.61. The zero-order valence-corrected chi connectivity index (χ0v) is 24.4. The lowest BCUT2D eigenvalue weighted by Gasteiger charge is -2.31. The minimum absolute atomic E-state index is 0.0106. The molecule has 4 aromatic carbocycles. The fraction of sp³-hybridized carbons (Fsp3) is 0.267. The predicted octanol–water partition coefficient (Wildman–Crippen LogP) is 3.19. The van der Waals surface area contributed by atoms with Crippen LogP contribution in [0.2, 0.25) is 0 Å². The number of benzene rings is 4. The number of methoxy groups -OCH3 is 1. The molecular weight excluding hydrogens is 589 g/mol. The Bertz CT molecular complexity index is 2240. The molecule has 2 unspecified atom stereocenters. The van der Waals surface area contributed by atoms with E-state index in [0.29, 0.717) is 0 Å². The first-order valence-electron chi connectivity index (χ1n) is 13.9. The van der Waals surface area contributed by atoms with Crippen LogP contribution in [-0.2, 0) is 23.3 Å². The summed E-state index contributed by atoms with van der Waals surface area (Å²) in [4.78, 5) is 38.4. The topological polar surface area (TPSA) is 160 Å². The molecule has 6 aromatic rings. The van der Waals surface area contributed by atoms with Crippen molar-refractivity contribution in [3.05, 3.63) is 87.8 Å². The number of aromatic amines is 1. The van der Waals surface area contributed by atoms with Crippen molar-refractivity contribution < 1.29 is 28.2 Å². The van der Waals surface area contributed by atoms with E-state index in [2.05, 4.69) is 51.7 Å². The van der Waals surface area contributed by atoms with Gasteiger partial charge < -0.3 is 19.1 Å². The van der Waals surface area contributed by atoms with Gasteiger partial charge in [-0.05, 0) is 33.0 Å². The molecule has 2 saturated heterocycles. The van der Waals surface area contributed by atoms with Crippen molar-refractivity contribution >= 4 is 39.9 Å². The molecule has 2 bridgehead atoms. The predicted molar refractivity (Wildman–Crippen MR) is 160 cm³/mol. The van der Waals surface area contributed by atoms with E-state index < -0.39 is 42.9 Å². The monoisotopic (exact) mass is 615 g/mol. The van der Waals surface area contributed by atoms with Crippen LogP contribution in [0.1, 0.15) is 6.23 Å². The van der Waals surface area contributed by atoms with Gasteiger partial charge in [0.05, 0.1) is 30.7 Å². The van der Waals surface area contributed by atoms with Gasteiger partial charge in [-0.2, -0.15) is 0 Å². The lowest BCUT2D eigenvalue weighted by molar-refractivity contribution is -0.190. The lowest BCUT2D eigenvalue weighted by Crippen LogP contribution is -2.46. The molecular formula is C30H26N5O8P. The first-order valence-corrected chi connectivity index (χ1v) is 15.9.